The second kappa shape index (κ2) is 5.83. The number of nitrogens with zero attached hydrogens (tertiary/aromatic N) is 1. The number of hydrogen-bond donors (Lipinski definition) is 1. The highest BCUT2D eigenvalue weighted by atomic mass is 16.1. The second-order valence-electron chi connectivity index (χ2n) is 4.72. The lowest BCUT2D eigenvalue weighted by molar-refractivity contribution is 0.471. The number of hydrogen-bond acceptors (Lipinski definition) is 2. The Bertz CT molecular complexity index is 574. The predicted molar refractivity (Wildman–Crippen MR) is 76.0 cm³/mol. The van der Waals surface area contributed by atoms with E-state index in [0.29, 0.717) is 12.6 Å². The normalized spacial score (nSPS) is 12.8. The Morgan fingerprint density at radius 1 is 1.28 bits per heavy atom. The molecule has 0 saturated carbocycles. The van der Waals surface area contributed by atoms with Crippen molar-refractivity contribution in [2.45, 2.75) is 32.9 Å². The molecule has 1 aromatic heterocycles. The van der Waals surface area contributed by atoms with E-state index in [1.807, 2.05) is 36.5 Å². The van der Waals surface area contributed by atoms with Crippen molar-refractivity contribution in [3.8, 4) is 0 Å². The van der Waals surface area contributed by atoms with Gasteiger partial charge in [0.2, 0.25) is 0 Å². The third-order valence-corrected chi connectivity index (χ3v) is 3.10. The zero-order valence-corrected chi connectivity index (χ0v) is 11.0. The molecule has 0 saturated heterocycles. The maximum atomic E-state index is 12.3. The van der Waals surface area contributed by atoms with Gasteiger partial charge < -0.3 is 9.88 Å². The van der Waals surface area contributed by atoms with Gasteiger partial charge in [-0.1, -0.05) is 25.1 Å². The van der Waals surface area contributed by atoms with Crippen LogP contribution in [0.4, 0.5) is 0 Å². The van der Waals surface area contributed by atoms with Crippen molar-refractivity contribution in [1.29, 1.82) is 0 Å². The molecule has 1 unspecified atom stereocenters. The summed E-state index contributed by atoms with van der Waals surface area (Å²) in [5, 5.41) is 5.20. The van der Waals surface area contributed by atoms with E-state index in [0.717, 1.165) is 23.7 Å². The number of nitrogens with one attached hydrogen (secondary N) is 1. The number of aromatic nitrogens is 1. The molecular formula is C15H20N2O. The standard InChI is InChI=1S/C15H20N2O/c1-3-9-16-12(2)11-17-10-8-13-6-4-5-7-14(13)15(17)18/h4-8,10,12,16H,3,9,11H2,1-2H3. The monoisotopic (exact) mass is 244 g/mol. The van der Waals surface area contributed by atoms with Crippen molar-refractivity contribution in [3.63, 3.8) is 0 Å². The first-order valence-electron chi connectivity index (χ1n) is 6.54. The van der Waals surface area contributed by atoms with E-state index in [-0.39, 0.29) is 5.56 Å². The van der Waals surface area contributed by atoms with Crippen molar-refractivity contribution in [3.05, 3.63) is 46.9 Å². The highest BCUT2D eigenvalue weighted by Gasteiger charge is 2.05. The molecule has 0 aliphatic rings. The average molecular weight is 244 g/mol. The first-order valence-corrected chi connectivity index (χ1v) is 6.54. The van der Waals surface area contributed by atoms with Crippen LogP contribution in [-0.4, -0.2) is 17.2 Å². The summed E-state index contributed by atoms with van der Waals surface area (Å²) in [5.41, 5.74) is 0.0956. The molecule has 0 amide bonds. The van der Waals surface area contributed by atoms with E-state index in [1.165, 1.54) is 0 Å². The molecule has 2 rings (SSSR count). The van der Waals surface area contributed by atoms with Crippen molar-refractivity contribution >= 4 is 10.8 Å². The molecule has 18 heavy (non-hydrogen) atoms. The van der Waals surface area contributed by atoms with Crippen molar-refractivity contribution in [2.75, 3.05) is 6.54 Å². The Kier molecular flexibility index (Phi) is 4.15. The third-order valence-electron chi connectivity index (χ3n) is 3.10. The minimum atomic E-state index is 0.0956. The van der Waals surface area contributed by atoms with Gasteiger partial charge in [0.05, 0.1) is 0 Å². The van der Waals surface area contributed by atoms with Gasteiger partial charge in [0.1, 0.15) is 0 Å². The highest BCUT2D eigenvalue weighted by Crippen LogP contribution is 2.08. The van der Waals surface area contributed by atoms with E-state index in [1.54, 1.807) is 4.57 Å². The minimum absolute atomic E-state index is 0.0956. The molecule has 0 fully saturated rings. The Labute approximate surface area is 107 Å². The van der Waals surface area contributed by atoms with Crippen molar-refractivity contribution < 1.29 is 0 Å². The number of fused-ring (bicyclic) bond motifs is 1. The maximum Gasteiger partial charge on any atom is 0.258 e. The lowest BCUT2D eigenvalue weighted by Gasteiger charge is -2.15. The molecule has 3 heteroatoms. The highest BCUT2D eigenvalue weighted by molar-refractivity contribution is 5.81. The molecule has 0 radical (unpaired) electrons. The molecule has 1 aromatic carbocycles. The van der Waals surface area contributed by atoms with Crippen molar-refractivity contribution in [2.24, 2.45) is 0 Å². The van der Waals surface area contributed by atoms with Crippen LogP contribution in [0, 0.1) is 0 Å². The molecule has 0 spiro atoms. The average Bonchev–Trinajstić information content (AvgIpc) is 2.40. The summed E-state index contributed by atoms with van der Waals surface area (Å²) < 4.78 is 1.79. The second-order valence-corrected chi connectivity index (χ2v) is 4.72. The topological polar surface area (TPSA) is 34.0 Å². The Morgan fingerprint density at radius 2 is 2.06 bits per heavy atom. The van der Waals surface area contributed by atoms with Crippen LogP contribution in [0.2, 0.25) is 0 Å². The number of benzene rings is 1. The molecule has 2 aromatic rings. The van der Waals surface area contributed by atoms with E-state index in [2.05, 4.69) is 19.2 Å². The summed E-state index contributed by atoms with van der Waals surface area (Å²) >= 11 is 0. The Hall–Kier alpha value is -1.61. The Balaban J connectivity index is 2.24. The van der Waals surface area contributed by atoms with E-state index in [9.17, 15) is 4.79 Å². The van der Waals surface area contributed by atoms with Gasteiger partial charge in [0.15, 0.2) is 0 Å². The van der Waals surface area contributed by atoms with Crippen LogP contribution in [0.25, 0.3) is 10.8 Å². The fourth-order valence-electron chi connectivity index (χ4n) is 2.12. The van der Waals surface area contributed by atoms with E-state index in [4.69, 9.17) is 0 Å². The Morgan fingerprint density at radius 3 is 2.83 bits per heavy atom. The quantitative estimate of drug-likeness (QED) is 0.876. The maximum absolute atomic E-state index is 12.3. The van der Waals surface area contributed by atoms with Gasteiger partial charge in [-0.25, -0.2) is 0 Å². The van der Waals surface area contributed by atoms with E-state index < -0.39 is 0 Å². The summed E-state index contributed by atoms with van der Waals surface area (Å²) in [6.45, 7) is 5.95. The third kappa shape index (κ3) is 2.79. The van der Waals surface area contributed by atoms with Gasteiger partial charge in [0.25, 0.3) is 5.56 Å². The lowest BCUT2D eigenvalue weighted by atomic mass is 10.2. The largest absolute Gasteiger partial charge is 0.313 e. The number of rotatable bonds is 5. The molecule has 0 aliphatic carbocycles. The SMILES string of the molecule is CCCNC(C)Cn1ccc2ccccc2c1=O. The number of pyridine rings is 1. The van der Waals surface area contributed by atoms with Crippen LogP contribution >= 0.6 is 0 Å². The first-order chi connectivity index (χ1) is 8.72. The molecule has 1 atom stereocenters. The fourth-order valence-corrected chi connectivity index (χ4v) is 2.12. The summed E-state index contributed by atoms with van der Waals surface area (Å²) in [6.07, 6.45) is 2.99. The molecule has 3 nitrogen and oxygen atoms in total. The van der Waals surface area contributed by atoms with Crippen LogP contribution in [-0.2, 0) is 6.54 Å². The van der Waals surface area contributed by atoms with Crippen LogP contribution in [0.5, 0.6) is 0 Å². The first kappa shape index (κ1) is 12.8. The summed E-state index contributed by atoms with van der Waals surface area (Å²) in [4.78, 5) is 12.3. The van der Waals surface area contributed by atoms with Gasteiger partial charge in [-0.15, -0.1) is 0 Å². The van der Waals surface area contributed by atoms with Gasteiger partial charge in [-0.05, 0) is 37.4 Å². The lowest BCUT2D eigenvalue weighted by Crippen LogP contribution is -2.34. The van der Waals surface area contributed by atoms with Gasteiger partial charge in [0, 0.05) is 24.2 Å². The zero-order chi connectivity index (χ0) is 13.0. The van der Waals surface area contributed by atoms with Crippen LogP contribution in [0.15, 0.2) is 41.3 Å². The molecule has 0 aliphatic heterocycles. The van der Waals surface area contributed by atoms with Gasteiger partial charge in [-0.3, -0.25) is 4.79 Å². The molecular weight excluding hydrogens is 224 g/mol. The molecule has 1 heterocycles. The van der Waals surface area contributed by atoms with E-state index >= 15 is 0 Å². The molecule has 96 valence electrons. The van der Waals surface area contributed by atoms with Gasteiger partial charge >= 0.3 is 0 Å². The molecule has 0 bridgehead atoms. The fraction of sp³-hybridized carbons (Fsp3) is 0.400. The zero-order valence-electron chi connectivity index (χ0n) is 11.0. The predicted octanol–water partition coefficient (Wildman–Crippen LogP) is 2.39. The van der Waals surface area contributed by atoms with Crippen molar-refractivity contribution in [1.82, 2.24) is 9.88 Å². The minimum Gasteiger partial charge on any atom is -0.313 e. The summed E-state index contributed by atoms with van der Waals surface area (Å²) in [7, 11) is 0. The summed E-state index contributed by atoms with van der Waals surface area (Å²) in [5.74, 6) is 0. The van der Waals surface area contributed by atoms with Crippen LogP contribution < -0.4 is 10.9 Å². The smallest absolute Gasteiger partial charge is 0.258 e. The van der Waals surface area contributed by atoms with Crippen LogP contribution in [0.3, 0.4) is 0 Å². The van der Waals surface area contributed by atoms with Gasteiger partial charge in [-0.2, -0.15) is 0 Å². The molecule has 1 N–H and O–H groups in total. The van der Waals surface area contributed by atoms with Crippen LogP contribution in [0.1, 0.15) is 20.3 Å². The summed E-state index contributed by atoms with van der Waals surface area (Å²) in [6, 6.07) is 10.0.